The van der Waals surface area contributed by atoms with Gasteiger partial charge in [0.15, 0.2) is 17.8 Å². The van der Waals surface area contributed by atoms with Gasteiger partial charge in [-0.2, -0.15) is 0 Å². The zero-order valence-corrected chi connectivity index (χ0v) is 16.3. The van der Waals surface area contributed by atoms with Gasteiger partial charge < -0.3 is 44.1 Å². The highest BCUT2D eigenvalue weighted by Crippen LogP contribution is 2.39. The van der Waals surface area contributed by atoms with Crippen LogP contribution in [0.15, 0.2) is 18.2 Å². The number of esters is 1. The molecule has 2 rings (SSSR count). The minimum Gasteiger partial charge on any atom is -0.493 e. The molecule has 0 aliphatic carbocycles. The van der Waals surface area contributed by atoms with Gasteiger partial charge in [0.1, 0.15) is 24.4 Å². The van der Waals surface area contributed by atoms with Crippen molar-refractivity contribution in [3.63, 3.8) is 0 Å². The van der Waals surface area contributed by atoms with Gasteiger partial charge >= 0.3 is 5.97 Å². The largest absolute Gasteiger partial charge is 0.493 e. The maximum absolute atomic E-state index is 11.3. The van der Waals surface area contributed by atoms with Crippen molar-refractivity contribution in [1.82, 2.24) is 0 Å². The summed E-state index contributed by atoms with van der Waals surface area (Å²) in [4.78, 5) is 11.3. The number of methoxy groups -OCH3 is 2. The summed E-state index contributed by atoms with van der Waals surface area (Å²) in [5.74, 6) is 0.248. The van der Waals surface area contributed by atoms with E-state index in [0.717, 1.165) is 0 Å². The van der Waals surface area contributed by atoms with Gasteiger partial charge in [-0.25, -0.2) is 0 Å². The molecule has 29 heavy (non-hydrogen) atoms. The van der Waals surface area contributed by atoms with E-state index >= 15 is 0 Å². The molecule has 1 aliphatic rings. The van der Waals surface area contributed by atoms with Crippen molar-refractivity contribution in [2.45, 2.75) is 37.6 Å². The third-order valence-corrected chi connectivity index (χ3v) is 4.24. The molecule has 1 aromatic rings. The Hall–Kier alpha value is -2.21. The van der Waals surface area contributed by atoms with Crippen molar-refractivity contribution < 1.29 is 48.9 Å². The second-order valence-corrected chi connectivity index (χ2v) is 6.28. The molecule has 0 radical (unpaired) electrons. The number of carbonyl (C=O) groups excluding carboxylic acids is 1. The fourth-order valence-electron chi connectivity index (χ4n) is 2.78. The number of benzene rings is 1. The number of carbonyl (C=O) groups is 1. The first kappa shape index (κ1) is 23.1. The summed E-state index contributed by atoms with van der Waals surface area (Å²) in [5, 5.41) is 38.6. The Morgan fingerprint density at radius 2 is 1.72 bits per heavy atom. The van der Waals surface area contributed by atoms with Gasteiger partial charge in [-0.1, -0.05) is 12.2 Å². The zero-order chi connectivity index (χ0) is 21.6. The van der Waals surface area contributed by atoms with Gasteiger partial charge in [0, 0.05) is 6.92 Å². The van der Waals surface area contributed by atoms with Crippen LogP contribution in [0, 0.1) is 0 Å². The smallest absolute Gasteiger partial charge is 0.308 e. The predicted octanol–water partition coefficient (Wildman–Crippen LogP) is -0.541. The summed E-state index contributed by atoms with van der Waals surface area (Å²) < 4.78 is 26.2. The average molecular weight is 414 g/mol. The molecule has 5 atom stereocenters. The van der Waals surface area contributed by atoms with Gasteiger partial charge in [0.2, 0.25) is 5.75 Å². The third-order valence-electron chi connectivity index (χ3n) is 4.24. The molecule has 5 unspecified atom stereocenters. The number of hydrogen-bond donors (Lipinski definition) is 4. The van der Waals surface area contributed by atoms with Crippen LogP contribution < -0.4 is 14.2 Å². The van der Waals surface area contributed by atoms with Crippen LogP contribution in [-0.4, -0.2) is 84.5 Å². The molecule has 0 amide bonds. The molecular weight excluding hydrogens is 388 g/mol. The molecule has 1 fully saturated rings. The van der Waals surface area contributed by atoms with E-state index < -0.39 is 43.3 Å². The lowest BCUT2D eigenvalue weighted by molar-refractivity contribution is -0.298. The summed E-state index contributed by atoms with van der Waals surface area (Å²) >= 11 is 0. The van der Waals surface area contributed by atoms with Crippen LogP contribution in [-0.2, 0) is 14.3 Å². The van der Waals surface area contributed by atoms with Crippen molar-refractivity contribution in [3.8, 4) is 17.2 Å². The number of ether oxygens (including phenoxy) is 5. The fraction of sp³-hybridized carbons (Fsp3) is 0.526. The second kappa shape index (κ2) is 10.5. The minimum atomic E-state index is -1.50. The van der Waals surface area contributed by atoms with Crippen LogP contribution in [0.5, 0.6) is 17.2 Å². The van der Waals surface area contributed by atoms with Crippen molar-refractivity contribution in [3.05, 3.63) is 23.8 Å². The predicted molar refractivity (Wildman–Crippen MR) is 99.6 cm³/mol. The summed E-state index contributed by atoms with van der Waals surface area (Å²) in [6, 6.07) is 3.26. The molecule has 1 aromatic carbocycles. The lowest BCUT2D eigenvalue weighted by Gasteiger charge is -2.39. The minimum absolute atomic E-state index is 0.000973. The van der Waals surface area contributed by atoms with Gasteiger partial charge in [0.25, 0.3) is 0 Å². The molecule has 0 spiro atoms. The summed E-state index contributed by atoms with van der Waals surface area (Å²) in [6.45, 7) is 0.733. The van der Waals surface area contributed by atoms with Crippen molar-refractivity contribution in [2.75, 3.05) is 27.4 Å². The van der Waals surface area contributed by atoms with Crippen molar-refractivity contribution in [2.24, 2.45) is 0 Å². The highest BCUT2D eigenvalue weighted by atomic mass is 16.7. The van der Waals surface area contributed by atoms with E-state index in [1.165, 1.54) is 21.1 Å². The normalized spacial score (nSPS) is 27.1. The summed E-state index contributed by atoms with van der Waals surface area (Å²) in [5.41, 5.74) is 0.659. The number of rotatable bonds is 8. The quantitative estimate of drug-likeness (QED) is 0.323. The summed E-state index contributed by atoms with van der Waals surface area (Å²) in [7, 11) is 2.86. The van der Waals surface area contributed by atoms with Gasteiger partial charge in [-0.3, -0.25) is 4.79 Å². The van der Waals surface area contributed by atoms with E-state index in [9.17, 15) is 25.2 Å². The Kier molecular flexibility index (Phi) is 8.38. The van der Waals surface area contributed by atoms with E-state index in [-0.39, 0.29) is 12.4 Å². The monoisotopic (exact) mass is 414 g/mol. The molecule has 4 N–H and O–H groups in total. The maximum Gasteiger partial charge on any atom is 0.308 e. The molecule has 0 aromatic heterocycles. The molecule has 162 valence electrons. The Labute approximate surface area is 167 Å². The molecule has 1 aliphatic heterocycles. The Balaban J connectivity index is 2.05. The highest BCUT2D eigenvalue weighted by molar-refractivity contribution is 5.73. The second-order valence-electron chi connectivity index (χ2n) is 6.28. The van der Waals surface area contributed by atoms with E-state index in [4.69, 9.17) is 23.7 Å². The van der Waals surface area contributed by atoms with Crippen LogP contribution in [0.2, 0.25) is 0 Å². The molecule has 1 heterocycles. The molecule has 10 heteroatoms. The van der Waals surface area contributed by atoms with Crippen LogP contribution in [0.1, 0.15) is 12.5 Å². The average Bonchev–Trinajstić information content (AvgIpc) is 2.71. The van der Waals surface area contributed by atoms with Crippen LogP contribution >= 0.6 is 0 Å². The first-order valence-corrected chi connectivity index (χ1v) is 8.85. The van der Waals surface area contributed by atoms with Gasteiger partial charge in [-0.15, -0.1) is 0 Å². The standard InChI is InChI=1S/C19H26O10/c1-10(21)28-18-12(25-2)7-11(8-13(18)26-3)5-4-6-27-19-17(24)16(23)15(22)14(9-20)29-19/h4-5,7-8,14-17,19-20,22-24H,6,9H2,1-3H3. The van der Waals surface area contributed by atoms with Crippen LogP contribution in [0.25, 0.3) is 6.08 Å². The van der Waals surface area contributed by atoms with Crippen molar-refractivity contribution in [1.29, 1.82) is 0 Å². The lowest BCUT2D eigenvalue weighted by atomic mass is 9.99. The van der Waals surface area contributed by atoms with E-state index in [1.807, 2.05) is 0 Å². The van der Waals surface area contributed by atoms with Crippen molar-refractivity contribution >= 4 is 12.0 Å². The third kappa shape index (κ3) is 5.66. The van der Waals surface area contributed by atoms with Crippen LogP contribution in [0.4, 0.5) is 0 Å². The first-order valence-electron chi connectivity index (χ1n) is 8.85. The molecule has 10 nitrogen and oxygen atoms in total. The van der Waals surface area contributed by atoms with E-state index in [2.05, 4.69) is 0 Å². The first-order chi connectivity index (χ1) is 13.8. The topological polar surface area (TPSA) is 144 Å². The lowest BCUT2D eigenvalue weighted by Crippen LogP contribution is -2.59. The molecular formula is C19H26O10. The Bertz CT molecular complexity index is 692. The number of aliphatic hydroxyl groups excluding tert-OH is 4. The SMILES string of the molecule is COc1cc(C=CCOC2OC(CO)C(O)C(O)C2O)cc(OC)c1OC(C)=O. The summed E-state index contributed by atoms with van der Waals surface area (Å²) in [6.07, 6.45) is -3.38. The molecule has 0 bridgehead atoms. The van der Waals surface area contributed by atoms with Gasteiger partial charge in [0.05, 0.1) is 27.4 Å². The Morgan fingerprint density at radius 3 is 2.24 bits per heavy atom. The highest BCUT2D eigenvalue weighted by Gasteiger charge is 2.43. The fourth-order valence-corrected chi connectivity index (χ4v) is 2.78. The number of aliphatic hydroxyl groups is 4. The molecule has 1 saturated heterocycles. The number of hydrogen-bond acceptors (Lipinski definition) is 10. The molecule has 0 saturated carbocycles. The van der Waals surface area contributed by atoms with Crippen LogP contribution in [0.3, 0.4) is 0 Å². The van der Waals surface area contributed by atoms with Gasteiger partial charge in [-0.05, 0) is 17.7 Å². The van der Waals surface area contributed by atoms with E-state index in [1.54, 1.807) is 24.3 Å². The Morgan fingerprint density at radius 1 is 1.10 bits per heavy atom. The zero-order valence-electron chi connectivity index (χ0n) is 16.3. The maximum atomic E-state index is 11.3. The van der Waals surface area contributed by atoms with E-state index in [0.29, 0.717) is 17.1 Å².